The molecule has 1 amide bonds. The molecule has 0 fully saturated rings. The Bertz CT molecular complexity index is 1660. The van der Waals surface area contributed by atoms with Gasteiger partial charge in [0.1, 0.15) is 13.2 Å². The Labute approximate surface area is 528 Å². The van der Waals surface area contributed by atoms with Crippen LogP contribution in [0.1, 0.15) is 341 Å². The van der Waals surface area contributed by atoms with Crippen LogP contribution in [0.25, 0.3) is 0 Å². The summed E-state index contributed by atoms with van der Waals surface area (Å²) in [5, 5.41) is 13.9. The van der Waals surface area contributed by atoms with Crippen molar-refractivity contribution < 1.29 is 32.9 Å². The number of carbonyl (C=O) groups excluding carboxylic acids is 1. The lowest BCUT2D eigenvalue weighted by Gasteiger charge is -2.29. The van der Waals surface area contributed by atoms with Crippen LogP contribution in [0.5, 0.6) is 0 Å². The van der Waals surface area contributed by atoms with E-state index in [0.717, 1.165) is 70.6 Å². The van der Waals surface area contributed by atoms with Gasteiger partial charge in [-0.25, -0.2) is 0 Å². The minimum Gasteiger partial charge on any atom is -0.756 e. The van der Waals surface area contributed by atoms with Crippen LogP contribution in [0, 0.1) is 0 Å². The van der Waals surface area contributed by atoms with Crippen LogP contribution < -0.4 is 10.2 Å². The largest absolute Gasteiger partial charge is 0.756 e. The third-order valence-corrected chi connectivity index (χ3v) is 17.3. The number of amides is 1. The lowest BCUT2D eigenvalue weighted by atomic mass is 10.0. The van der Waals surface area contributed by atoms with Gasteiger partial charge >= 0.3 is 0 Å². The number of carbonyl (C=O) groups is 1. The maximum Gasteiger partial charge on any atom is 0.268 e. The van der Waals surface area contributed by atoms with E-state index < -0.39 is 26.6 Å². The number of hydrogen-bond acceptors (Lipinski definition) is 6. The second-order valence-electron chi connectivity index (χ2n) is 25.9. The maximum absolute atomic E-state index is 13.0. The molecule has 0 rings (SSSR count). The van der Waals surface area contributed by atoms with E-state index in [0.29, 0.717) is 17.4 Å². The number of allylic oxidation sites excluding steroid dienone is 13. The van der Waals surface area contributed by atoms with Crippen LogP contribution in [0.4, 0.5) is 0 Å². The molecule has 496 valence electrons. The van der Waals surface area contributed by atoms with Gasteiger partial charge in [-0.3, -0.25) is 9.36 Å². The fraction of sp³-hybridized carbons (Fsp3) is 0.803. The van der Waals surface area contributed by atoms with Crippen molar-refractivity contribution in [2.45, 2.75) is 353 Å². The van der Waals surface area contributed by atoms with Crippen molar-refractivity contribution in [3.05, 3.63) is 85.1 Å². The van der Waals surface area contributed by atoms with E-state index in [1.165, 1.54) is 250 Å². The van der Waals surface area contributed by atoms with Crippen molar-refractivity contribution >= 4 is 13.7 Å². The number of phosphoric ester groups is 1. The number of aliphatic hydroxyl groups is 1. The molecule has 3 unspecified atom stereocenters. The smallest absolute Gasteiger partial charge is 0.268 e. The molecule has 0 radical (unpaired) electrons. The number of nitrogens with zero attached hydrogens (tertiary/aromatic N) is 1. The van der Waals surface area contributed by atoms with Crippen LogP contribution >= 0.6 is 7.82 Å². The molecule has 9 heteroatoms. The molecule has 85 heavy (non-hydrogen) atoms. The van der Waals surface area contributed by atoms with Crippen molar-refractivity contribution in [1.29, 1.82) is 0 Å². The highest BCUT2D eigenvalue weighted by Gasteiger charge is 2.23. The van der Waals surface area contributed by atoms with Gasteiger partial charge in [0.05, 0.1) is 39.9 Å². The first-order valence-corrected chi connectivity index (χ1v) is 37.9. The lowest BCUT2D eigenvalue weighted by Crippen LogP contribution is -2.45. The molecule has 0 aromatic heterocycles. The van der Waals surface area contributed by atoms with E-state index in [-0.39, 0.29) is 12.5 Å². The van der Waals surface area contributed by atoms with E-state index in [4.69, 9.17) is 9.05 Å². The van der Waals surface area contributed by atoms with Gasteiger partial charge < -0.3 is 28.8 Å². The number of quaternary nitrogens is 1. The number of likely N-dealkylation sites (N-methyl/N-ethyl adjacent to an activating group) is 1. The molecular weight excluding hydrogens is 1070 g/mol. The van der Waals surface area contributed by atoms with Gasteiger partial charge in [-0.05, 0) is 77.0 Å². The van der Waals surface area contributed by atoms with Crippen molar-refractivity contribution in [3.8, 4) is 0 Å². The highest BCUT2D eigenvalue weighted by molar-refractivity contribution is 7.45. The molecular formula is C76H141N2O6P. The predicted molar refractivity (Wildman–Crippen MR) is 371 cm³/mol. The molecule has 0 aromatic rings. The number of phosphoric acid groups is 1. The Hall–Kier alpha value is -2.32. The summed E-state index contributed by atoms with van der Waals surface area (Å²) in [6.45, 7) is 4.55. The van der Waals surface area contributed by atoms with Gasteiger partial charge in [-0.2, -0.15) is 0 Å². The lowest BCUT2D eigenvalue weighted by molar-refractivity contribution is -0.870. The Balaban J connectivity index is 3.96. The molecule has 0 aliphatic rings. The number of hydrogen-bond donors (Lipinski definition) is 2. The summed E-state index contributed by atoms with van der Waals surface area (Å²) in [4.78, 5) is 25.6. The van der Waals surface area contributed by atoms with Gasteiger partial charge in [0, 0.05) is 6.42 Å². The number of rotatable bonds is 67. The summed E-state index contributed by atoms with van der Waals surface area (Å²) < 4.78 is 23.4. The molecule has 2 N–H and O–H groups in total. The van der Waals surface area contributed by atoms with E-state index in [1.807, 2.05) is 27.2 Å². The summed E-state index contributed by atoms with van der Waals surface area (Å²) >= 11 is 0. The fourth-order valence-electron chi connectivity index (χ4n) is 10.7. The Kier molecular flexibility index (Phi) is 64.3. The highest BCUT2D eigenvalue weighted by atomic mass is 31.2. The standard InChI is InChI=1S/C76H141N2O6P/c1-6-8-10-12-14-16-18-20-22-24-26-28-30-31-32-33-34-35-36-37-38-39-40-41-42-43-44-45-46-47-48-50-52-54-56-58-60-62-64-66-68-70-76(80)77-74(73-84-85(81,82)83-72-71-78(3,4)5)75(79)69-67-65-63-61-59-57-55-53-51-49-29-27-25-23-21-19-17-15-13-11-9-7-2/h8,10,14,16,20,22,26,28,31-32,59,61,67,69,74-75,79H,6-7,9,11-13,15,17-19,21,23-25,27,29-30,33-58,60,62-66,68,70-73H2,1-5H3,(H-,77,80,81,82)/b10-8-,16-14-,22-20-,28-26-,32-31-,61-59+,69-67+. The minimum absolute atomic E-state index is 0.00627. The highest BCUT2D eigenvalue weighted by Crippen LogP contribution is 2.38. The van der Waals surface area contributed by atoms with Gasteiger partial charge in [-0.1, -0.05) is 343 Å². The number of unbranched alkanes of at least 4 members (excludes halogenated alkanes) is 42. The average Bonchev–Trinajstić information content (AvgIpc) is 3.48. The number of nitrogens with one attached hydrogen (secondary N) is 1. The first-order valence-electron chi connectivity index (χ1n) is 36.4. The van der Waals surface area contributed by atoms with Crippen LogP contribution in [0.2, 0.25) is 0 Å². The average molecular weight is 1210 g/mol. The van der Waals surface area contributed by atoms with Gasteiger partial charge in [0.25, 0.3) is 7.82 Å². The predicted octanol–water partition coefficient (Wildman–Crippen LogP) is 22.9. The molecule has 0 saturated carbocycles. The Morgan fingerprint density at radius 1 is 0.424 bits per heavy atom. The Morgan fingerprint density at radius 3 is 1.09 bits per heavy atom. The molecule has 8 nitrogen and oxygen atoms in total. The quantitative estimate of drug-likeness (QED) is 0.0272. The molecule has 0 aliphatic heterocycles. The number of aliphatic hydroxyl groups excluding tert-OH is 1. The second kappa shape index (κ2) is 66.1. The molecule has 0 heterocycles. The van der Waals surface area contributed by atoms with Gasteiger partial charge in [-0.15, -0.1) is 0 Å². The van der Waals surface area contributed by atoms with Crippen LogP contribution in [-0.4, -0.2) is 68.5 Å². The minimum atomic E-state index is -4.61. The van der Waals surface area contributed by atoms with E-state index in [2.05, 4.69) is 92.1 Å². The molecule has 0 saturated heterocycles. The summed E-state index contributed by atoms with van der Waals surface area (Å²) in [5.74, 6) is -0.202. The van der Waals surface area contributed by atoms with Gasteiger partial charge in [0.15, 0.2) is 0 Å². The van der Waals surface area contributed by atoms with E-state index >= 15 is 0 Å². The van der Waals surface area contributed by atoms with Crippen LogP contribution in [-0.2, 0) is 18.4 Å². The summed E-state index contributed by atoms with van der Waals surface area (Å²) in [7, 11) is 1.25. The zero-order valence-electron chi connectivity index (χ0n) is 56.8. The normalized spacial score (nSPS) is 14.1. The zero-order valence-corrected chi connectivity index (χ0v) is 57.7. The monoisotopic (exact) mass is 1210 g/mol. The van der Waals surface area contributed by atoms with Crippen LogP contribution in [0.15, 0.2) is 85.1 Å². The molecule has 0 spiro atoms. The van der Waals surface area contributed by atoms with Crippen molar-refractivity contribution in [2.75, 3.05) is 40.9 Å². The maximum atomic E-state index is 13.0. The molecule has 3 atom stereocenters. The van der Waals surface area contributed by atoms with Crippen molar-refractivity contribution in [2.24, 2.45) is 0 Å². The molecule has 0 bridgehead atoms. The fourth-order valence-corrected chi connectivity index (χ4v) is 11.5. The van der Waals surface area contributed by atoms with E-state index in [9.17, 15) is 19.4 Å². The summed E-state index contributed by atoms with van der Waals surface area (Å²) in [6.07, 6.45) is 94.4. The first kappa shape index (κ1) is 82.7. The summed E-state index contributed by atoms with van der Waals surface area (Å²) in [5.41, 5.74) is 0. The van der Waals surface area contributed by atoms with Gasteiger partial charge in [0.2, 0.25) is 5.91 Å². The van der Waals surface area contributed by atoms with Crippen molar-refractivity contribution in [3.63, 3.8) is 0 Å². The van der Waals surface area contributed by atoms with E-state index in [1.54, 1.807) is 6.08 Å². The Morgan fingerprint density at radius 2 is 0.729 bits per heavy atom. The SMILES string of the molecule is CC/C=C\C/C=C\C/C=C\C/C=C\C/C=C\CCCCCCCCCCCCCCCCCCCCCCCCCCCC(=O)NC(COP(=O)([O-])OCC[N+](C)(C)C)C(O)/C=C/CC/C=C/CCCCCCCCCCCCCCCCCC. The molecule has 0 aliphatic carbocycles. The topological polar surface area (TPSA) is 108 Å². The van der Waals surface area contributed by atoms with Crippen molar-refractivity contribution in [1.82, 2.24) is 5.32 Å². The zero-order chi connectivity index (χ0) is 61.9. The first-order chi connectivity index (χ1) is 41.5. The molecule has 0 aromatic carbocycles. The second-order valence-corrected chi connectivity index (χ2v) is 27.3. The van der Waals surface area contributed by atoms with Crippen LogP contribution in [0.3, 0.4) is 0 Å². The third-order valence-electron chi connectivity index (χ3n) is 16.3. The summed E-state index contributed by atoms with van der Waals surface area (Å²) in [6, 6.07) is -0.906. The third kappa shape index (κ3) is 69.0.